The van der Waals surface area contributed by atoms with Gasteiger partial charge >= 0.3 is 0 Å². The quantitative estimate of drug-likeness (QED) is 0.491. The van der Waals surface area contributed by atoms with Crippen LogP contribution in [0.2, 0.25) is 5.02 Å². The maximum absolute atomic E-state index is 13.6. The molecule has 2 unspecified atom stereocenters. The zero-order valence-corrected chi connectivity index (χ0v) is 20.5. The van der Waals surface area contributed by atoms with Crippen LogP contribution in [-0.2, 0) is 9.59 Å². The third kappa shape index (κ3) is 5.15. The number of fused-ring (bicyclic) bond motifs is 1. The summed E-state index contributed by atoms with van der Waals surface area (Å²) in [7, 11) is 0. The second-order valence-electron chi connectivity index (χ2n) is 8.48. The number of hydroxylamine groups is 1. The number of carbonyl (C=O) groups is 3. The number of hydrogen-bond acceptors (Lipinski definition) is 4. The van der Waals surface area contributed by atoms with Gasteiger partial charge in [-0.25, -0.2) is 0 Å². The first-order chi connectivity index (χ1) is 16.8. The molecule has 0 radical (unpaired) electrons. The van der Waals surface area contributed by atoms with E-state index in [1.807, 2.05) is 43.3 Å². The number of benzene rings is 3. The van der Waals surface area contributed by atoms with Crippen molar-refractivity contribution in [1.82, 2.24) is 5.48 Å². The summed E-state index contributed by atoms with van der Waals surface area (Å²) in [5.41, 5.74) is 5.16. The Morgan fingerprint density at radius 1 is 0.971 bits per heavy atom. The van der Waals surface area contributed by atoms with E-state index in [2.05, 4.69) is 5.48 Å². The fourth-order valence-electron chi connectivity index (χ4n) is 4.45. The van der Waals surface area contributed by atoms with Gasteiger partial charge in [0.1, 0.15) is 0 Å². The molecule has 8 heteroatoms. The van der Waals surface area contributed by atoms with Crippen LogP contribution in [0.4, 0.5) is 11.4 Å². The molecule has 0 aliphatic carbocycles. The van der Waals surface area contributed by atoms with Gasteiger partial charge in [-0.05, 0) is 73.5 Å². The minimum atomic E-state index is -0.323. The maximum Gasteiger partial charge on any atom is 0.258 e. The Bertz CT molecular complexity index is 1240. The van der Waals surface area contributed by atoms with Crippen LogP contribution in [0.15, 0.2) is 72.8 Å². The molecular formula is C27H26ClN3O4. The topological polar surface area (TPSA) is 79.0 Å². The van der Waals surface area contributed by atoms with E-state index in [1.54, 1.807) is 53.1 Å². The van der Waals surface area contributed by atoms with Crippen molar-refractivity contribution in [2.45, 2.75) is 39.3 Å². The molecule has 0 spiro atoms. The summed E-state index contributed by atoms with van der Waals surface area (Å²) >= 11 is 6.07. The van der Waals surface area contributed by atoms with E-state index >= 15 is 0 Å². The highest BCUT2D eigenvalue weighted by molar-refractivity contribution is 6.30. The van der Waals surface area contributed by atoms with Crippen molar-refractivity contribution in [3.8, 4) is 5.75 Å². The Morgan fingerprint density at radius 2 is 1.63 bits per heavy atom. The van der Waals surface area contributed by atoms with Crippen molar-refractivity contribution in [2.24, 2.45) is 0 Å². The molecule has 3 aromatic rings. The zero-order valence-electron chi connectivity index (χ0n) is 19.7. The largest absolute Gasteiger partial charge is 0.380 e. The predicted octanol–water partition coefficient (Wildman–Crippen LogP) is 5.30. The highest BCUT2D eigenvalue weighted by atomic mass is 35.5. The molecule has 1 heterocycles. The van der Waals surface area contributed by atoms with E-state index < -0.39 is 0 Å². The molecule has 35 heavy (non-hydrogen) atoms. The lowest BCUT2D eigenvalue weighted by Gasteiger charge is -2.43. The van der Waals surface area contributed by atoms with Crippen LogP contribution < -0.4 is 20.1 Å². The number of nitrogens with zero attached hydrogens (tertiary/aromatic N) is 2. The third-order valence-corrected chi connectivity index (χ3v) is 6.20. The number of carbonyl (C=O) groups excluding carboxylic acids is 3. The van der Waals surface area contributed by atoms with Crippen molar-refractivity contribution < 1.29 is 19.2 Å². The van der Waals surface area contributed by atoms with Crippen molar-refractivity contribution in [3.63, 3.8) is 0 Å². The minimum absolute atomic E-state index is 0.0890. The monoisotopic (exact) mass is 491 g/mol. The summed E-state index contributed by atoms with van der Waals surface area (Å²) in [5.74, 6) is -0.148. The fraction of sp³-hybridized carbons (Fsp3) is 0.222. The van der Waals surface area contributed by atoms with Crippen molar-refractivity contribution in [3.05, 3.63) is 88.9 Å². The fourth-order valence-corrected chi connectivity index (χ4v) is 4.58. The first-order valence-corrected chi connectivity index (χ1v) is 11.7. The molecule has 4 rings (SSSR count). The van der Waals surface area contributed by atoms with Crippen LogP contribution in [0.1, 0.15) is 49.2 Å². The second kappa shape index (κ2) is 10.2. The molecule has 180 valence electrons. The van der Waals surface area contributed by atoms with Gasteiger partial charge in [0.25, 0.3) is 5.91 Å². The molecular weight excluding hydrogens is 466 g/mol. The van der Waals surface area contributed by atoms with Gasteiger partial charge in [0.15, 0.2) is 5.75 Å². The number of anilines is 2. The van der Waals surface area contributed by atoms with Crippen molar-refractivity contribution in [2.75, 3.05) is 9.80 Å². The standard InChI is InChI=1S/C27H26ClN3O4/c1-17-16-26(31(19(3)33)22-12-10-21(28)11-13-22)24-6-4-5-7-25(24)30(17)27(34)20-8-14-23(15-9-20)35-29-18(2)32/h4-15,17,26H,16H2,1-3H3,(H,29,32). The smallest absolute Gasteiger partial charge is 0.258 e. The van der Waals surface area contributed by atoms with E-state index in [9.17, 15) is 14.4 Å². The van der Waals surface area contributed by atoms with Gasteiger partial charge in [-0.15, -0.1) is 0 Å². The van der Waals surface area contributed by atoms with Gasteiger partial charge in [-0.1, -0.05) is 29.8 Å². The summed E-state index contributed by atoms with van der Waals surface area (Å²) in [4.78, 5) is 46.1. The molecule has 1 N–H and O–H groups in total. The van der Waals surface area contributed by atoms with Gasteiger partial charge in [-0.2, -0.15) is 5.48 Å². The highest BCUT2D eigenvalue weighted by Gasteiger charge is 2.38. The first-order valence-electron chi connectivity index (χ1n) is 11.3. The Morgan fingerprint density at radius 3 is 2.26 bits per heavy atom. The van der Waals surface area contributed by atoms with E-state index in [4.69, 9.17) is 16.4 Å². The molecule has 3 aromatic carbocycles. The van der Waals surface area contributed by atoms with Crippen LogP contribution in [0.3, 0.4) is 0 Å². The number of rotatable bonds is 5. The predicted molar refractivity (Wildman–Crippen MR) is 136 cm³/mol. The molecule has 0 fully saturated rings. The number of amides is 3. The molecule has 2 atom stereocenters. The van der Waals surface area contributed by atoms with Gasteiger partial charge < -0.3 is 14.6 Å². The van der Waals surface area contributed by atoms with Crippen LogP contribution >= 0.6 is 11.6 Å². The van der Waals surface area contributed by atoms with Crippen LogP contribution in [0.5, 0.6) is 5.75 Å². The summed E-state index contributed by atoms with van der Waals surface area (Å²) < 4.78 is 0. The lowest BCUT2D eigenvalue weighted by Crippen LogP contribution is -2.47. The van der Waals surface area contributed by atoms with Crippen LogP contribution in [-0.4, -0.2) is 23.8 Å². The normalized spacial score (nSPS) is 16.7. The Balaban J connectivity index is 1.67. The average molecular weight is 492 g/mol. The molecule has 0 saturated heterocycles. The number of nitrogens with one attached hydrogen (secondary N) is 1. The second-order valence-corrected chi connectivity index (χ2v) is 8.92. The Hall–Kier alpha value is -3.84. The number of halogens is 1. The molecule has 0 bridgehead atoms. The van der Waals surface area contributed by atoms with E-state index in [1.165, 1.54) is 6.92 Å². The summed E-state index contributed by atoms with van der Waals surface area (Å²) in [5, 5.41) is 0.597. The average Bonchev–Trinajstić information content (AvgIpc) is 2.84. The molecule has 1 aliphatic heterocycles. The summed E-state index contributed by atoms with van der Waals surface area (Å²) in [6.07, 6.45) is 0.564. The van der Waals surface area contributed by atoms with Crippen molar-refractivity contribution >= 4 is 40.7 Å². The first kappa shape index (κ1) is 24.3. The SMILES string of the molecule is CC(=O)NOc1ccc(C(=O)N2c3ccccc3C(N(C(C)=O)c3ccc(Cl)cc3)CC2C)cc1. The van der Waals surface area contributed by atoms with Gasteiger partial charge in [0.05, 0.1) is 6.04 Å². The highest BCUT2D eigenvalue weighted by Crippen LogP contribution is 2.42. The zero-order chi connectivity index (χ0) is 25.1. The Kier molecular flexibility index (Phi) is 7.07. The van der Waals surface area contributed by atoms with E-state index in [-0.39, 0.29) is 29.8 Å². The van der Waals surface area contributed by atoms with E-state index in [0.717, 1.165) is 16.9 Å². The number of para-hydroxylation sites is 1. The third-order valence-electron chi connectivity index (χ3n) is 5.95. The van der Waals surface area contributed by atoms with Gasteiger partial charge in [0.2, 0.25) is 11.8 Å². The molecule has 0 saturated carbocycles. The maximum atomic E-state index is 13.6. The van der Waals surface area contributed by atoms with Gasteiger partial charge in [0, 0.05) is 41.9 Å². The molecule has 0 aromatic heterocycles. The van der Waals surface area contributed by atoms with Crippen molar-refractivity contribution in [1.29, 1.82) is 0 Å². The molecule has 3 amide bonds. The lowest BCUT2D eigenvalue weighted by molar-refractivity contribution is -0.125. The number of hydrogen-bond donors (Lipinski definition) is 1. The minimum Gasteiger partial charge on any atom is -0.380 e. The summed E-state index contributed by atoms with van der Waals surface area (Å²) in [6, 6.07) is 21.0. The van der Waals surface area contributed by atoms with Crippen LogP contribution in [0.25, 0.3) is 0 Å². The van der Waals surface area contributed by atoms with Crippen LogP contribution in [0, 0.1) is 0 Å². The lowest BCUT2D eigenvalue weighted by atomic mass is 9.89. The molecule has 1 aliphatic rings. The van der Waals surface area contributed by atoms with E-state index in [0.29, 0.717) is 22.8 Å². The van der Waals surface area contributed by atoms with Gasteiger partial charge in [-0.3, -0.25) is 14.4 Å². The Labute approximate surface area is 209 Å². The molecule has 7 nitrogen and oxygen atoms in total. The summed E-state index contributed by atoms with van der Waals surface area (Å²) in [6.45, 7) is 4.87.